The molecule has 0 radical (unpaired) electrons. The summed E-state index contributed by atoms with van der Waals surface area (Å²) in [4.78, 5) is 0. The maximum absolute atomic E-state index is 5.79. The number of ether oxygens (including phenoxy) is 1. The minimum atomic E-state index is 0.549. The van der Waals surface area contributed by atoms with Gasteiger partial charge in [-0.3, -0.25) is 0 Å². The Bertz CT molecular complexity index is 406. The average Bonchev–Trinajstić information content (AvgIpc) is 2.82. The van der Waals surface area contributed by atoms with Crippen molar-refractivity contribution in [2.24, 2.45) is 0 Å². The zero-order chi connectivity index (χ0) is 13.0. The summed E-state index contributed by atoms with van der Waals surface area (Å²) in [5.41, 5.74) is 2.69. The monoisotopic (exact) mass is 311 g/mol. The van der Waals surface area contributed by atoms with Gasteiger partial charge in [-0.2, -0.15) is 0 Å². The van der Waals surface area contributed by atoms with E-state index in [2.05, 4.69) is 47.4 Å². The lowest BCUT2D eigenvalue weighted by atomic mass is 9.98. The van der Waals surface area contributed by atoms with Crippen LogP contribution in [0.3, 0.4) is 0 Å². The van der Waals surface area contributed by atoms with Crippen LogP contribution in [0, 0.1) is 0 Å². The molecule has 100 valence electrons. The molecule has 2 nitrogen and oxygen atoms in total. The molecule has 0 amide bonds. The van der Waals surface area contributed by atoms with Gasteiger partial charge >= 0.3 is 0 Å². The second-order valence-corrected chi connectivity index (χ2v) is 5.90. The summed E-state index contributed by atoms with van der Waals surface area (Å²) in [6.45, 7) is 3.07. The Hall–Kier alpha value is -0.540. The van der Waals surface area contributed by atoms with Gasteiger partial charge in [0.1, 0.15) is 5.75 Å². The average molecular weight is 312 g/mol. The van der Waals surface area contributed by atoms with Gasteiger partial charge in [0.2, 0.25) is 0 Å². The van der Waals surface area contributed by atoms with Crippen molar-refractivity contribution in [1.82, 2.24) is 5.32 Å². The van der Waals surface area contributed by atoms with E-state index in [1.165, 1.54) is 34.9 Å². The first-order valence-electron chi connectivity index (χ1n) is 6.86. The van der Waals surface area contributed by atoms with E-state index in [0.29, 0.717) is 6.04 Å². The second-order valence-electron chi connectivity index (χ2n) is 4.98. The number of halogens is 1. The van der Waals surface area contributed by atoms with Gasteiger partial charge in [0, 0.05) is 16.9 Å². The number of likely N-dealkylation sites (N-methyl/N-ethyl adjacent to an activating group) is 1. The van der Waals surface area contributed by atoms with Crippen molar-refractivity contribution in [3.05, 3.63) is 27.7 Å². The number of nitrogens with one attached hydrogen (secondary N) is 1. The van der Waals surface area contributed by atoms with Crippen molar-refractivity contribution in [2.45, 2.75) is 45.1 Å². The summed E-state index contributed by atoms with van der Waals surface area (Å²) in [6, 6.07) is 4.94. The Balaban J connectivity index is 2.12. The number of hydrogen-bond donors (Lipinski definition) is 1. The number of fused-ring (bicyclic) bond motifs is 1. The summed E-state index contributed by atoms with van der Waals surface area (Å²) in [6.07, 6.45) is 5.86. The van der Waals surface area contributed by atoms with Gasteiger partial charge in [-0.1, -0.05) is 35.7 Å². The van der Waals surface area contributed by atoms with Gasteiger partial charge in [0.15, 0.2) is 0 Å². The summed E-state index contributed by atoms with van der Waals surface area (Å²) in [5.74, 6) is 1.13. The smallest absolute Gasteiger partial charge is 0.125 e. The highest BCUT2D eigenvalue weighted by Gasteiger charge is 2.19. The Kier molecular flexibility index (Phi) is 5.07. The molecule has 0 fully saturated rings. The highest BCUT2D eigenvalue weighted by Crippen LogP contribution is 2.34. The lowest BCUT2D eigenvalue weighted by molar-refractivity contribution is 0.351. The van der Waals surface area contributed by atoms with Gasteiger partial charge in [0.05, 0.1) is 6.61 Å². The van der Waals surface area contributed by atoms with Crippen molar-refractivity contribution >= 4 is 15.9 Å². The predicted octanol–water partition coefficient (Wildman–Crippen LogP) is 3.70. The quantitative estimate of drug-likeness (QED) is 0.865. The van der Waals surface area contributed by atoms with E-state index in [1.54, 1.807) is 0 Å². The fraction of sp³-hybridized carbons (Fsp3) is 0.600. The Morgan fingerprint density at radius 3 is 3.00 bits per heavy atom. The fourth-order valence-corrected chi connectivity index (χ4v) is 3.11. The highest BCUT2D eigenvalue weighted by atomic mass is 79.9. The van der Waals surface area contributed by atoms with E-state index in [4.69, 9.17) is 4.74 Å². The maximum atomic E-state index is 5.79. The van der Waals surface area contributed by atoms with E-state index >= 15 is 0 Å². The van der Waals surface area contributed by atoms with Crippen molar-refractivity contribution in [3.8, 4) is 5.75 Å². The molecule has 1 aromatic carbocycles. The van der Waals surface area contributed by atoms with Crippen molar-refractivity contribution in [1.29, 1.82) is 0 Å². The molecule has 1 heterocycles. The molecular formula is C15H22BrNO. The molecule has 0 saturated carbocycles. The standard InChI is InChI=1S/C15H22BrNO/c1-3-4-5-14(17-2)10-12-9-13(16)8-11-6-7-18-15(11)12/h8-9,14,17H,3-7,10H2,1-2H3. The minimum Gasteiger partial charge on any atom is -0.493 e. The van der Waals surface area contributed by atoms with Crippen LogP contribution in [0.4, 0.5) is 0 Å². The first-order chi connectivity index (χ1) is 8.74. The molecule has 1 atom stereocenters. The number of benzene rings is 1. The normalized spacial score (nSPS) is 15.3. The van der Waals surface area contributed by atoms with Crippen LogP contribution >= 0.6 is 15.9 Å². The molecule has 18 heavy (non-hydrogen) atoms. The van der Waals surface area contributed by atoms with Gasteiger partial charge in [-0.05, 0) is 43.1 Å². The van der Waals surface area contributed by atoms with Crippen molar-refractivity contribution in [3.63, 3.8) is 0 Å². The third-order valence-electron chi connectivity index (χ3n) is 3.61. The first-order valence-corrected chi connectivity index (χ1v) is 7.65. The fourth-order valence-electron chi connectivity index (χ4n) is 2.56. The lowest BCUT2D eigenvalue weighted by Gasteiger charge is -2.18. The molecule has 1 N–H and O–H groups in total. The molecule has 1 aliphatic rings. The summed E-state index contributed by atoms with van der Waals surface area (Å²) in [7, 11) is 2.05. The Morgan fingerprint density at radius 1 is 1.44 bits per heavy atom. The molecule has 3 heteroatoms. The topological polar surface area (TPSA) is 21.3 Å². The summed E-state index contributed by atoms with van der Waals surface area (Å²) < 4.78 is 6.96. The number of unbranched alkanes of at least 4 members (excludes halogenated alkanes) is 1. The Morgan fingerprint density at radius 2 is 2.28 bits per heavy atom. The van der Waals surface area contributed by atoms with Crippen LogP contribution in [-0.2, 0) is 12.8 Å². The van der Waals surface area contributed by atoms with E-state index in [0.717, 1.165) is 25.2 Å². The van der Waals surface area contributed by atoms with E-state index in [9.17, 15) is 0 Å². The van der Waals surface area contributed by atoms with Gasteiger partial charge in [-0.15, -0.1) is 0 Å². The van der Waals surface area contributed by atoms with Crippen LogP contribution in [0.25, 0.3) is 0 Å². The molecule has 1 aliphatic heterocycles. The number of rotatable bonds is 6. The van der Waals surface area contributed by atoms with Crippen LogP contribution in [0.15, 0.2) is 16.6 Å². The summed E-state index contributed by atoms with van der Waals surface area (Å²) >= 11 is 3.60. The molecule has 0 bridgehead atoms. The molecule has 0 spiro atoms. The van der Waals surface area contributed by atoms with Gasteiger partial charge < -0.3 is 10.1 Å². The molecule has 0 saturated heterocycles. The Labute approximate surface area is 118 Å². The first kappa shape index (κ1) is 13.9. The molecule has 0 aliphatic carbocycles. The zero-order valence-electron chi connectivity index (χ0n) is 11.3. The number of hydrogen-bond acceptors (Lipinski definition) is 2. The maximum Gasteiger partial charge on any atom is 0.125 e. The van der Waals surface area contributed by atoms with Crippen molar-refractivity contribution in [2.75, 3.05) is 13.7 Å². The molecule has 1 unspecified atom stereocenters. The van der Waals surface area contributed by atoms with Crippen LogP contribution < -0.4 is 10.1 Å². The van der Waals surface area contributed by atoms with Crippen LogP contribution in [0.1, 0.15) is 37.3 Å². The van der Waals surface area contributed by atoms with E-state index in [1.807, 2.05) is 0 Å². The van der Waals surface area contributed by atoms with Crippen LogP contribution in [0.2, 0.25) is 0 Å². The lowest BCUT2D eigenvalue weighted by Crippen LogP contribution is -2.27. The second kappa shape index (κ2) is 6.58. The van der Waals surface area contributed by atoms with Crippen LogP contribution in [-0.4, -0.2) is 19.7 Å². The molecule has 2 rings (SSSR count). The van der Waals surface area contributed by atoms with E-state index in [-0.39, 0.29) is 0 Å². The summed E-state index contributed by atoms with van der Waals surface area (Å²) in [5, 5.41) is 3.43. The predicted molar refractivity (Wildman–Crippen MR) is 79.4 cm³/mol. The van der Waals surface area contributed by atoms with Gasteiger partial charge in [-0.25, -0.2) is 0 Å². The zero-order valence-corrected chi connectivity index (χ0v) is 12.8. The molecule has 0 aromatic heterocycles. The largest absolute Gasteiger partial charge is 0.493 e. The SMILES string of the molecule is CCCCC(Cc1cc(Br)cc2c1OCC2)NC. The van der Waals surface area contributed by atoms with Crippen molar-refractivity contribution < 1.29 is 4.74 Å². The van der Waals surface area contributed by atoms with Crippen LogP contribution in [0.5, 0.6) is 5.75 Å². The molecular weight excluding hydrogens is 290 g/mol. The minimum absolute atomic E-state index is 0.549. The van der Waals surface area contributed by atoms with Gasteiger partial charge in [0.25, 0.3) is 0 Å². The third kappa shape index (κ3) is 3.27. The van der Waals surface area contributed by atoms with E-state index < -0.39 is 0 Å². The third-order valence-corrected chi connectivity index (χ3v) is 4.06. The molecule has 1 aromatic rings. The highest BCUT2D eigenvalue weighted by molar-refractivity contribution is 9.10.